The Hall–Kier alpha value is 0.246. The van der Waals surface area contributed by atoms with E-state index in [1.165, 1.54) is 101 Å². The summed E-state index contributed by atoms with van der Waals surface area (Å²) in [6.07, 6.45) is 19.9. The van der Waals surface area contributed by atoms with Crippen LogP contribution in [0.4, 0.5) is 0 Å². The number of hydrogen-bond donors (Lipinski definition) is 0. The fourth-order valence-corrected chi connectivity index (χ4v) is 5.04. The average Bonchev–Trinajstić information content (AvgIpc) is 2.77. The normalized spacial score (nSPS) is 11.6. The van der Waals surface area contributed by atoms with Crippen LogP contribution in [0.1, 0.15) is 115 Å². The summed E-state index contributed by atoms with van der Waals surface area (Å²) in [6.45, 7) is 4.49. The number of aryl methyl sites for hydroxylation is 2. The van der Waals surface area contributed by atoms with Gasteiger partial charge < -0.3 is 4.55 Å². The van der Waals surface area contributed by atoms with Crippen LogP contribution < -0.4 is 51.4 Å². The molecule has 0 aliphatic heterocycles. The molecule has 2 aromatic rings. The zero-order chi connectivity index (χ0) is 23.2. The second-order valence-corrected chi connectivity index (χ2v) is 10.7. The van der Waals surface area contributed by atoms with Gasteiger partial charge in [0.2, 0.25) is 0 Å². The smallest absolute Gasteiger partial charge is 0.744 e. The standard InChI is InChI=1S/C28H44O3S.K/c1-3-5-7-9-11-13-15-17-24-21-25(18-16-14-12-10-8-6-4-2)28-23-27(32(29,30)31)20-19-26(28)22-24;/h19-23H,3-18H2,1-2H3,(H,29,30,31);/q;+1/p-1. The summed E-state index contributed by atoms with van der Waals surface area (Å²) in [5.74, 6) is 0. The number of fused-ring (bicyclic) bond motifs is 1. The van der Waals surface area contributed by atoms with Crippen LogP contribution >= 0.6 is 0 Å². The molecule has 0 aromatic heterocycles. The summed E-state index contributed by atoms with van der Waals surface area (Å²) < 4.78 is 34.7. The van der Waals surface area contributed by atoms with Crippen LogP contribution in [0.3, 0.4) is 0 Å². The van der Waals surface area contributed by atoms with E-state index < -0.39 is 10.1 Å². The van der Waals surface area contributed by atoms with Crippen LogP contribution in [0, 0.1) is 0 Å². The predicted molar refractivity (Wildman–Crippen MR) is 135 cm³/mol. The molecule has 0 aliphatic carbocycles. The first kappa shape index (κ1) is 31.3. The largest absolute Gasteiger partial charge is 1.00 e. The molecule has 0 saturated carbocycles. The molecule has 0 N–H and O–H groups in total. The van der Waals surface area contributed by atoms with Crippen molar-refractivity contribution >= 4 is 20.9 Å². The van der Waals surface area contributed by atoms with Crippen molar-refractivity contribution in [1.82, 2.24) is 0 Å². The third kappa shape index (κ3) is 12.2. The third-order valence-electron chi connectivity index (χ3n) is 6.48. The van der Waals surface area contributed by atoms with Gasteiger partial charge in [0.15, 0.2) is 0 Å². The number of unbranched alkanes of at least 4 members (excludes halogenated alkanes) is 12. The van der Waals surface area contributed by atoms with E-state index in [2.05, 4.69) is 26.0 Å². The Labute approximate surface area is 245 Å². The maximum atomic E-state index is 11.6. The molecular formula is C28H43KO3S. The predicted octanol–water partition coefficient (Wildman–Crippen LogP) is 5.33. The Bertz CT molecular complexity index is 909. The molecule has 33 heavy (non-hydrogen) atoms. The van der Waals surface area contributed by atoms with E-state index >= 15 is 0 Å². The van der Waals surface area contributed by atoms with Crippen molar-refractivity contribution in [3.8, 4) is 0 Å². The molecule has 0 atom stereocenters. The minimum absolute atomic E-state index is 0. The van der Waals surface area contributed by atoms with E-state index in [0.717, 1.165) is 30.0 Å². The van der Waals surface area contributed by atoms with Crippen molar-refractivity contribution in [3.63, 3.8) is 0 Å². The first-order chi connectivity index (χ1) is 15.5. The average molecular weight is 499 g/mol. The molecule has 0 radical (unpaired) electrons. The summed E-state index contributed by atoms with van der Waals surface area (Å²) in [4.78, 5) is -0.120. The molecule has 2 aromatic carbocycles. The van der Waals surface area contributed by atoms with Gasteiger partial charge in [-0.15, -0.1) is 0 Å². The van der Waals surface area contributed by atoms with Crippen LogP contribution in [0.2, 0.25) is 0 Å². The van der Waals surface area contributed by atoms with Crippen molar-refractivity contribution in [2.45, 2.75) is 121 Å². The zero-order valence-electron chi connectivity index (χ0n) is 21.3. The van der Waals surface area contributed by atoms with Crippen LogP contribution in [0.25, 0.3) is 10.8 Å². The molecule has 0 fully saturated rings. The van der Waals surface area contributed by atoms with E-state index in [4.69, 9.17) is 0 Å². The van der Waals surface area contributed by atoms with Gasteiger partial charge >= 0.3 is 51.4 Å². The molecular weight excluding hydrogens is 455 g/mol. The Morgan fingerprint density at radius 2 is 1.18 bits per heavy atom. The number of hydrogen-bond acceptors (Lipinski definition) is 3. The molecule has 0 heterocycles. The first-order valence-electron chi connectivity index (χ1n) is 13.0. The van der Waals surface area contributed by atoms with E-state index in [-0.39, 0.29) is 56.3 Å². The van der Waals surface area contributed by atoms with Crippen molar-refractivity contribution in [2.75, 3.05) is 0 Å². The molecule has 0 amide bonds. The van der Waals surface area contributed by atoms with Crippen LogP contribution in [-0.2, 0) is 23.0 Å². The first-order valence-corrected chi connectivity index (χ1v) is 14.4. The van der Waals surface area contributed by atoms with Crippen LogP contribution in [0.5, 0.6) is 0 Å². The fraction of sp³-hybridized carbons (Fsp3) is 0.643. The van der Waals surface area contributed by atoms with Gasteiger partial charge in [-0.3, -0.25) is 0 Å². The van der Waals surface area contributed by atoms with E-state index in [0.29, 0.717) is 0 Å². The van der Waals surface area contributed by atoms with Gasteiger partial charge in [0, 0.05) is 0 Å². The summed E-state index contributed by atoms with van der Waals surface area (Å²) in [5, 5.41) is 1.98. The van der Waals surface area contributed by atoms with Crippen molar-refractivity contribution in [1.29, 1.82) is 0 Å². The number of benzene rings is 2. The Kier molecular flexibility index (Phi) is 16.7. The molecule has 0 unspecified atom stereocenters. The minimum Gasteiger partial charge on any atom is -0.744 e. The summed E-state index contributed by atoms with van der Waals surface area (Å²) in [5.41, 5.74) is 2.53. The van der Waals surface area contributed by atoms with Gasteiger partial charge in [0.05, 0.1) is 4.90 Å². The van der Waals surface area contributed by atoms with Gasteiger partial charge in [0.25, 0.3) is 0 Å². The van der Waals surface area contributed by atoms with Crippen LogP contribution in [-0.4, -0.2) is 13.0 Å². The van der Waals surface area contributed by atoms with Crippen LogP contribution in [0.15, 0.2) is 35.2 Å². The molecule has 0 aliphatic rings. The maximum absolute atomic E-state index is 11.6. The summed E-state index contributed by atoms with van der Waals surface area (Å²) >= 11 is 0. The molecule has 0 spiro atoms. The van der Waals surface area contributed by atoms with Gasteiger partial charge in [-0.2, -0.15) is 0 Å². The van der Waals surface area contributed by atoms with E-state index in [1.807, 2.05) is 6.07 Å². The third-order valence-corrected chi connectivity index (χ3v) is 7.31. The number of rotatable bonds is 17. The Morgan fingerprint density at radius 1 is 0.667 bits per heavy atom. The fourth-order valence-electron chi connectivity index (χ4n) is 4.55. The monoisotopic (exact) mass is 498 g/mol. The zero-order valence-corrected chi connectivity index (χ0v) is 25.3. The van der Waals surface area contributed by atoms with Gasteiger partial charge in [0.1, 0.15) is 10.1 Å². The second-order valence-electron chi connectivity index (χ2n) is 9.33. The molecule has 0 saturated heterocycles. The maximum Gasteiger partial charge on any atom is 1.00 e. The molecule has 0 bridgehead atoms. The summed E-state index contributed by atoms with van der Waals surface area (Å²) in [7, 11) is -4.44. The molecule has 2 rings (SSSR count). The van der Waals surface area contributed by atoms with E-state index in [9.17, 15) is 13.0 Å². The van der Waals surface area contributed by atoms with Crippen molar-refractivity contribution < 1.29 is 64.4 Å². The minimum atomic E-state index is -4.44. The summed E-state index contributed by atoms with van der Waals surface area (Å²) in [6, 6.07) is 9.30. The van der Waals surface area contributed by atoms with Gasteiger partial charge in [-0.1, -0.05) is 109 Å². The van der Waals surface area contributed by atoms with Crippen molar-refractivity contribution in [3.05, 3.63) is 41.5 Å². The Balaban J connectivity index is 0.00000544. The molecule has 180 valence electrons. The quantitative estimate of drug-likeness (QED) is 0.168. The van der Waals surface area contributed by atoms with Gasteiger partial charge in [-0.25, -0.2) is 8.42 Å². The van der Waals surface area contributed by atoms with Gasteiger partial charge in [-0.05, 0) is 59.7 Å². The SMILES string of the molecule is CCCCCCCCCc1cc(CCCCCCCCC)c2cc(S(=O)(=O)[O-])ccc2c1.[K+]. The molecule has 5 heteroatoms. The van der Waals surface area contributed by atoms with Crippen molar-refractivity contribution in [2.24, 2.45) is 0 Å². The Morgan fingerprint density at radius 3 is 1.73 bits per heavy atom. The van der Waals surface area contributed by atoms with E-state index in [1.54, 1.807) is 6.07 Å². The topological polar surface area (TPSA) is 57.2 Å². The second kappa shape index (κ2) is 17.6. The molecule has 3 nitrogen and oxygen atoms in total.